The molecule has 17 heavy (non-hydrogen) atoms. The van der Waals surface area contributed by atoms with Gasteiger partial charge in [0, 0.05) is 30.8 Å². The molecule has 0 aliphatic heterocycles. The fraction of sp³-hybridized carbons (Fsp3) is 0.417. The first-order chi connectivity index (χ1) is 8.22. The molecule has 0 amide bonds. The summed E-state index contributed by atoms with van der Waals surface area (Å²) in [6.45, 7) is 1.13. The van der Waals surface area contributed by atoms with Gasteiger partial charge >= 0.3 is 5.97 Å². The van der Waals surface area contributed by atoms with Crippen molar-refractivity contribution in [2.45, 2.75) is 6.42 Å². The highest BCUT2D eigenvalue weighted by Gasteiger charge is 2.02. The van der Waals surface area contributed by atoms with E-state index in [1.807, 2.05) is 0 Å². The second kappa shape index (κ2) is 7.92. The first kappa shape index (κ1) is 13.8. The van der Waals surface area contributed by atoms with E-state index in [0.29, 0.717) is 24.7 Å². The summed E-state index contributed by atoms with van der Waals surface area (Å²) in [6, 6.07) is 7.13. The molecular weight excluding hydrogens is 242 g/mol. The number of carbonyl (C=O) groups excluding carboxylic acids is 1. The molecule has 0 bridgehead atoms. The van der Waals surface area contributed by atoms with Crippen molar-refractivity contribution in [2.75, 3.05) is 32.2 Å². The Morgan fingerprint density at radius 2 is 2.00 bits per heavy atom. The zero-order chi connectivity index (χ0) is 12.5. The maximum absolute atomic E-state index is 11.3. The van der Waals surface area contributed by atoms with Gasteiger partial charge in [0.15, 0.2) is 0 Å². The van der Waals surface area contributed by atoms with E-state index >= 15 is 0 Å². The van der Waals surface area contributed by atoms with E-state index in [-0.39, 0.29) is 12.5 Å². The minimum Gasteiger partial charge on any atom is -0.464 e. The van der Waals surface area contributed by atoms with E-state index < -0.39 is 0 Å². The SMILES string of the molecule is COCCCOC(=O)CNc1ccc(Cl)cc1. The van der Waals surface area contributed by atoms with Crippen molar-refractivity contribution in [1.82, 2.24) is 0 Å². The first-order valence-corrected chi connectivity index (χ1v) is 5.74. The van der Waals surface area contributed by atoms with Gasteiger partial charge in [-0.1, -0.05) is 11.6 Å². The van der Waals surface area contributed by atoms with E-state index in [1.165, 1.54) is 0 Å². The molecule has 0 spiro atoms. The Morgan fingerprint density at radius 1 is 1.29 bits per heavy atom. The Labute approximate surface area is 106 Å². The molecular formula is C12H16ClNO3. The number of ether oxygens (including phenoxy) is 2. The van der Waals surface area contributed by atoms with Crippen LogP contribution in [-0.2, 0) is 14.3 Å². The zero-order valence-electron chi connectivity index (χ0n) is 9.74. The summed E-state index contributed by atoms with van der Waals surface area (Å²) in [6.07, 6.45) is 0.711. The normalized spacial score (nSPS) is 10.0. The molecule has 0 saturated carbocycles. The third-order valence-corrected chi connectivity index (χ3v) is 2.29. The maximum atomic E-state index is 11.3. The molecule has 1 rings (SSSR count). The third-order valence-electron chi connectivity index (χ3n) is 2.04. The number of methoxy groups -OCH3 is 1. The molecule has 4 nitrogen and oxygen atoms in total. The van der Waals surface area contributed by atoms with E-state index in [4.69, 9.17) is 21.1 Å². The van der Waals surface area contributed by atoms with Crippen LogP contribution < -0.4 is 5.32 Å². The molecule has 0 atom stereocenters. The molecule has 0 radical (unpaired) electrons. The molecule has 0 heterocycles. The number of anilines is 1. The molecule has 0 unspecified atom stereocenters. The summed E-state index contributed by atoms with van der Waals surface area (Å²) in [4.78, 5) is 11.3. The average Bonchev–Trinajstić information content (AvgIpc) is 2.34. The molecule has 1 aromatic rings. The van der Waals surface area contributed by atoms with Gasteiger partial charge in [-0.25, -0.2) is 0 Å². The molecule has 5 heteroatoms. The van der Waals surface area contributed by atoms with Gasteiger partial charge in [0.2, 0.25) is 0 Å². The number of carbonyl (C=O) groups is 1. The van der Waals surface area contributed by atoms with Crippen molar-refractivity contribution in [2.24, 2.45) is 0 Å². The van der Waals surface area contributed by atoms with Crippen molar-refractivity contribution in [3.05, 3.63) is 29.3 Å². The van der Waals surface area contributed by atoms with E-state index in [1.54, 1.807) is 31.4 Å². The molecule has 0 saturated heterocycles. The molecule has 1 N–H and O–H groups in total. The van der Waals surface area contributed by atoms with Crippen LogP contribution in [0.3, 0.4) is 0 Å². The number of halogens is 1. The maximum Gasteiger partial charge on any atom is 0.325 e. The molecule has 0 aromatic heterocycles. The predicted molar refractivity (Wildman–Crippen MR) is 67.4 cm³/mol. The summed E-state index contributed by atoms with van der Waals surface area (Å²) < 4.78 is 9.83. The van der Waals surface area contributed by atoms with Gasteiger partial charge < -0.3 is 14.8 Å². The van der Waals surface area contributed by atoms with Gasteiger partial charge in [0.1, 0.15) is 6.54 Å². The van der Waals surface area contributed by atoms with Crippen molar-refractivity contribution in [3.8, 4) is 0 Å². The number of hydrogen-bond acceptors (Lipinski definition) is 4. The highest BCUT2D eigenvalue weighted by Crippen LogP contribution is 2.12. The van der Waals surface area contributed by atoms with Crippen molar-refractivity contribution >= 4 is 23.3 Å². The summed E-state index contributed by atoms with van der Waals surface area (Å²) in [5.74, 6) is -0.281. The Bertz CT molecular complexity index is 340. The van der Waals surface area contributed by atoms with E-state index in [0.717, 1.165) is 5.69 Å². The van der Waals surface area contributed by atoms with Gasteiger partial charge in [-0.05, 0) is 24.3 Å². The van der Waals surface area contributed by atoms with Crippen LogP contribution in [-0.4, -0.2) is 32.8 Å². The minimum absolute atomic E-state index is 0.147. The predicted octanol–water partition coefficient (Wildman–Crippen LogP) is 2.33. The van der Waals surface area contributed by atoms with Crippen molar-refractivity contribution in [1.29, 1.82) is 0 Å². The van der Waals surface area contributed by atoms with E-state index in [9.17, 15) is 4.79 Å². The van der Waals surface area contributed by atoms with Gasteiger partial charge in [-0.15, -0.1) is 0 Å². The lowest BCUT2D eigenvalue weighted by Gasteiger charge is -2.07. The molecule has 1 aromatic carbocycles. The molecule has 0 fully saturated rings. The number of esters is 1. The van der Waals surface area contributed by atoms with Crippen LogP contribution in [0.2, 0.25) is 5.02 Å². The quantitative estimate of drug-likeness (QED) is 0.602. The van der Waals surface area contributed by atoms with Gasteiger partial charge in [0.25, 0.3) is 0 Å². The number of hydrogen-bond donors (Lipinski definition) is 1. The number of nitrogens with one attached hydrogen (secondary N) is 1. The zero-order valence-corrected chi connectivity index (χ0v) is 10.5. The fourth-order valence-electron chi connectivity index (χ4n) is 1.18. The molecule has 94 valence electrons. The van der Waals surface area contributed by atoms with E-state index in [2.05, 4.69) is 5.32 Å². The lowest BCUT2D eigenvalue weighted by Crippen LogP contribution is -2.17. The monoisotopic (exact) mass is 257 g/mol. The first-order valence-electron chi connectivity index (χ1n) is 5.36. The highest BCUT2D eigenvalue weighted by molar-refractivity contribution is 6.30. The van der Waals surface area contributed by atoms with Crippen LogP contribution in [0.1, 0.15) is 6.42 Å². The van der Waals surface area contributed by atoms with Gasteiger partial charge in [-0.2, -0.15) is 0 Å². The smallest absolute Gasteiger partial charge is 0.325 e. The summed E-state index contributed by atoms with van der Waals surface area (Å²) in [7, 11) is 1.61. The topological polar surface area (TPSA) is 47.6 Å². The van der Waals surface area contributed by atoms with Crippen molar-refractivity contribution < 1.29 is 14.3 Å². The molecule has 0 aliphatic rings. The third kappa shape index (κ3) is 6.14. The number of rotatable bonds is 7. The Balaban J connectivity index is 2.17. The fourth-order valence-corrected chi connectivity index (χ4v) is 1.31. The van der Waals surface area contributed by atoms with Crippen LogP contribution in [0.15, 0.2) is 24.3 Å². The lowest BCUT2D eigenvalue weighted by atomic mass is 10.3. The summed E-state index contributed by atoms with van der Waals surface area (Å²) in [5.41, 5.74) is 0.836. The summed E-state index contributed by atoms with van der Waals surface area (Å²) in [5, 5.41) is 3.61. The van der Waals surface area contributed by atoms with Crippen LogP contribution in [0.4, 0.5) is 5.69 Å². The van der Waals surface area contributed by atoms with Crippen LogP contribution >= 0.6 is 11.6 Å². The molecule has 0 aliphatic carbocycles. The Morgan fingerprint density at radius 3 is 2.65 bits per heavy atom. The van der Waals surface area contributed by atoms with Crippen LogP contribution in [0.25, 0.3) is 0 Å². The van der Waals surface area contributed by atoms with Gasteiger partial charge in [0.05, 0.1) is 6.61 Å². The largest absolute Gasteiger partial charge is 0.464 e. The van der Waals surface area contributed by atoms with Crippen LogP contribution in [0, 0.1) is 0 Å². The Hall–Kier alpha value is -1.26. The van der Waals surface area contributed by atoms with Crippen LogP contribution in [0.5, 0.6) is 0 Å². The van der Waals surface area contributed by atoms with Gasteiger partial charge in [-0.3, -0.25) is 4.79 Å². The Kier molecular flexibility index (Phi) is 6.43. The average molecular weight is 258 g/mol. The second-order valence-corrected chi connectivity index (χ2v) is 3.86. The highest BCUT2D eigenvalue weighted by atomic mass is 35.5. The standard InChI is InChI=1S/C12H16ClNO3/c1-16-7-2-8-17-12(15)9-14-11-5-3-10(13)4-6-11/h3-6,14H,2,7-9H2,1H3. The number of benzene rings is 1. The second-order valence-electron chi connectivity index (χ2n) is 3.43. The minimum atomic E-state index is -0.281. The lowest BCUT2D eigenvalue weighted by molar-refractivity contribution is -0.141. The van der Waals surface area contributed by atoms with Crippen molar-refractivity contribution in [3.63, 3.8) is 0 Å². The summed E-state index contributed by atoms with van der Waals surface area (Å²) >= 11 is 5.74.